The van der Waals surface area contributed by atoms with Crippen LogP contribution < -0.4 is 0 Å². The molecule has 28 heavy (non-hydrogen) atoms. The van der Waals surface area contributed by atoms with Crippen molar-refractivity contribution in [1.29, 1.82) is 0 Å². The summed E-state index contributed by atoms with van der Waals surface area (Å²) in [6.07, 6.45) is 3.49. The van der Waals surface area contributed by atoms with Crippen molar-refractivity contribution >= 4 is 29.1 Å². The van der Waals surface area contributed by atoms with Crippen LogP contribution in [0.3, 0.4) is 0 Å². The van der Waals surface area contributed by atoms with Crippen LogP contribution in [-0.2, 0) is 17.6 Å². The number of benzene rings is 2. The number of halogens is 2. The second kappa shape index (κ2) is 8.32. The molecule has 0 bridgehead atoms. The smallest absolute Gasteiger partial charge is 0.227 e. The Labute approximate surface area is 175 Å². The van der Waals surface area contributed by atoms with Crippen molar-refractivity contribution in [3.05, 3.63) is 63.1 Å². The molecule has 1 amide bonds. The van der Waals surface area contributed by atoms with Crippen LogP contribution in [0.2, 0.25) is 10.0 Å². The molecule has 1 unspecified atom stereocenters. The number of nitrogens with zero attached hydrogens (tertiary/aromatic N) is 2. The van der Waals surface area contributed by atoms with Gasteiger partial charge in [-0.15, -0.1) is 0 Å². The standard InChI is InChI=1S/C22H24Cl2N2O2/c23-19-6-3-15(11-20(19)24)12-22(28)26-10-7-16-13-17(27)4-5-18(16)21(26)14-25-8-1-2-9-25/h3-6,11,13,21,27H,1-2,7-10,12,14H2. The third-order valence-corrected chi connectivity index (χ3v) is 6.51. The van der Waals surface area contributed by atoms with Crippen molar-refractivity contribution in [3.8, 4) is 5.75 Å². The fourth-order valence-corrected chi connectivity index (χ4v) is 4.65. The number of carbonyl (C=O) groups is 1. The highest BCUT2D eigenvalue weighted by Crippen LogP contribution is 2.34. The molecular weight excluding hydrogens is 395 g/mol. The van der Waals surface area contributed by atoms with Gasteiger partial charge < -0.3 is 14.9 Å². The molecule has 2 heterocycles. The zero-order chi connectivity index (χ0) is 19.7. The lowest BCUT2D eigenvalue weighted by molar-refractivity contribution is -0.133. The van der Waals surface area contributed by atoms with Gasteiger partial charge in [0, 0.05) is 13.1 Å². The molecular formula is C22H24Cl2N2O2. The normalized spacial score (nSPS) is 19.6. The van der Waals surface area contributed by atoms with Gasteiger partial charge in [-0.25, -0.2) is 0 Å². The van der Waals surface area contributed by atoms with Gasteiger partial charge in [0.2, 0.25) is 5.91 Å². The van der Waals surface area contributed by atoms with Crippen molar-refractivity contribution in [2.75, 3.05) is 26.2 Å². The highest BCUT2D eigenvalue weighted by Gasteiger charge is 2.32. The maximum Gasteiger partial charge on any atom is 0.227 e. The molecule has 0 spiro atoms. The summed E-state index contributed by atoms with van der Waals surface area (Å²) < 4.78 is 0. The molecule has 1 atom stereocenters. The minimum atomic E-state index is 0.0118. The number of likely N-dealkylation sites (tertiary alicyclic amines) is 1. The molecule has 1 saturated heterocycles. The summed E-state index contributed by atoms with van der Waals surface area (Å²) in [5, 5.41) is 10.8. The topological polar surface area (TPSA) is 43.8 Å². The zero-order valence-corrected chi connectivity index (χ0v) is 17.2. The van der Waals surface area contributed by atoms with Crippen molar-refractivity contribution in [1.82, 2.24) is 9.80 Å². The van der Waals surface area contributed by atoms with Crippen molar-refractivity contribution < 1.29 is 9.90 Å². The maximum absolute atomic E-state index is 13.2. The summed E-state index contributed by atoms with van der Waals surface area (Å²) in [6.45, 7) is 3.66. The molecule has 2 aromatic rings. The molecule has 0 radical (unpaired) electrons. The summed E-state index contributed by atoms with van der Waals surface area (Å²) in [7, 11) is 0. The van der Waals surface area contributed by atoms with E-state index in [4.69, 9.17) is 23.2 Å². The number of phenolic OH excluding ortho intramolecular Hbond substituents is 1. The van der Waals surface area contributed by atoms with Crippen molar-refractivity contribution in [2.24, 2.45) is 0 Å². The summed E-state index contributed by atoms with van der Waals surface area (Å²) in [5.41, 5.74) is 3.16. The summed E-state index contributed by atoms with van der Waals surface area (Å²) in [6, 6.07) is 10.9. The number of carbonyl (C=O) groups excluding carboxylic acids is 1. The lowest BCUT2D eigenvalue weighted by Crippen LogP contribution is -2.45. The zero-order valence-electron chi connectivity index (χ0n) is 15.7. The van der Waals surface area contributed by atoms with Crippen LogP contribution in [0.25, 0.3) is 0 Å². The van der Waals surface area contributed by atoms with Crippen molar-refractivity contribution in [2.45, 2.75) is 31.7 Å². The second-order valence-electron chi connectivity index (χ2n) is 7.67. The lowest BCUT2D eigenvalue weighted by Gasteiger charge is -2.39. The molecule has 0 saturated carbocycles. The van der Waals surface area contributed by atoms with Gasteiger partial charge in [-0.1, -0.05) is 35.3 Å². The van der Waals surface area contributed by atoms with E-state index in [1.54, 1.807) is 18.2 Å². The molecule has 1 fully saturated rings. The Kier molecular flexibility index (Phi) is 5.81. The Morgan fingerprint density at radius 2 is 1.82 bits per heavy atom. The largest absolute Gasteiger partial charge is 0.508 e. The van der Waals surface area contributed by atoms with Gasteiger partial charge in [0.05, 0.1) is 22.5 Å². The third kappa shape index (κ3) is 4.14. The Balaban J connectivity index is 1.58. The number of hydrogen-bond donors (Lipinski definition) is 1. The highest BCUT2D eigenvalue weighted by molar-refractivity contribution is 6.42. The van der Waals surface area contributed by atoms with E-state index in [0.717, 1.165) is 42.7 Å². The van der Waals surface area contributed by atoms with Crippen LogP contribution in [-0.4, -0.2) is 47.0 Å². The number of fused-ring (bicyclic) bond motifs is 1. The molecule has 2 aromatic carbocycles. The molecule has 2 aliphatic heterocycles. The Morgan fingerprint density at radius 1 is 1.04 bits per heavy atom. The van der Waals surface area contributed by atoms with Crippen LogP contribution in [0.5, 0.6) is 5.75 Å². The monoisotopic (exact) mass is 418 g/mol. The number of aromatic hydroxyl groups is 1. The van der Waals surface area contributed by atoms with Crippen LogP contribution in [0.4, 0.5) is 0 Å². The predicted octanol–water partition coefficient (Wildman–Crippen LogP) is 4.46. The van der Waals surface area contributed by atoms with Gasteiger partial charge in [0.25, 0.3) is 0 Å². The predicted molar refractivity (Wildman–Crippen MR) is 112 cm³/mol. The fraction of sp³-hybridized carbons (Fsp3) is 0.409. The molecule has 148 valence electrons. The minimum Gasteiger partial charge on any atom is -0.508 e. The van der Waals surface area contributed by atoms with Gasteiger partial charge in [-0.3, -0.25) is 4.79 Å². The van der Waals surface area contributed by atoms with Crippen LogP contribution in [0.15, 0.2) is 36.4 Å². The van der Waals surface area contributed by atoms with E-state index < -0.39 is 0 Å². The van der Waals surface area contributed by atoms with Gasteiger partial charge in [-0.05, 0) is 73.3 Å². The minimum absolute atomic E-state index is 0.0118. The SMILES string of the molecule is O=C(Cc1ccc(Cl)c(Cl)c1)N1CCc2cc(O)ccc2C1CN1CCCC1. The highest BCUT2D eigenvalue weighted by atomic mass is 35.5. The third-order valence-electron chi connectivity index (χ3n) is 5.77. The van der Waals surface area contributed by atoms with E-state index in [1.807, 2.05) is 23.1 Å². The average molecular weight is 419 g/mol. The van der Waals surface area contributed by atoms with E-state index in [9.17, 15) is 9.90 Å². The molecule has 0 aromatic heterocycles. The van der Waals surface area contributed by atoms with E-state index >= 15 is 0 Å². The average Bonchev–Trinajstić information content (AvgIpc) is 3.18. The summed E-state index contributed by atoms with van der Waals surface area (Å²) in [4.78, 5) is 17.6. The fourth-order valence-electron chi connectivity index (χ4n) is 4.33. The van der Waals surface area contributed by atoms with E-state index in [-0.39, 0.29) is 17.7 Å². The molecule has 4 rings (SSSR count). The van der Waals surface area contributed by atoms with E-state index in [2.05, 4.69) is 4.90 Å². The number of hydrogen-bond acceptors (Lipinski definition) is 3. The van der Waals surface area contributed by atoms with Gasteiger partial charge in [-0.2, -0.15) is 0 Å². The van der Waals surface area contributed by atoms with Crippen LogP contribution in [0.1, 0.15) is 35.6 Å². The number of amides is 1. The molecule has 4 nitrogen and oxygen atoms in total. The van der Waals surface area contributed by atoms with E-state index in [0.29, 0.717) is 23.0 Å². The number of phenols is 1. The first-order valence-electron chi connectivity index (χ1n) is 9.79. The van der Waals surface area contributed by atoms with Gasteiger partial charge in [0.15, 0.2) is 0 Å². The van der Waals surface area contributed by atoms with Crippen LogP contribution in [0, 0.1) is 0 Å². The second-order valence-corrected chi connectivity index (χ2v) is 8.48. The first-order chi connectivity index (χ1) is 13.5. The molecule has 0 aliphatic carbocycles. The van der Waals surface area contributed by atoms with Crippen LogP contribution >= 0.6 is 23.2 Å². The number of rotatable bonds is 4. The van der Waals surface area contributed by atoms with Gasteiger partial charge >= 0.3 is 0 Å². The molecule has 6 heteroatoms. The van der Waals surface area contributed by atoms with E-state index in [1.165, 1.54) is 12.8 Å². The maximum atomic E-state index is 13.2. The quantitative estimate of drug-likeness (QED) is 0.796. The van der Waals surface area contributed by atoms with Crippen molar-refractivity contribution in [3.63, 3.8) is 0 Å². The lowest BCUT2D eigenvalue weighted by atomic mass is 9.91. The first-order valence-corrected chi connectivity index (χ1v) is 10.5. The summed E-state index contributed by atoms with van der Waals surface area (Å²) in [5.74, 6) is 0.385. The summed E-state index contributed by atoms with van der Waals surface area (Å²) >= 11 is 12.1. The Morgan fingerprint density at radius 3 is 2.57 bits per heavy atom. The molecule has 2 aliphatic rings. The first kappa shape index (κ1) is 19.6. The Hall–Kier alpha value is -1.75. The molecule has 1 N–H and O–H groups in total. The van der Waals surface area contributed by atoms with Gasteiger partial charge in [0.1, 0.15) is 5.75 Å². The Bertz CT molecular complexity index is 881.